The van der Waals surface area contributed by atoms with Crippen LogP contribution in [0.5, 0.6) is 0 Å². The summed E-state index contributed by atoms with van der Waals surface area (Å²) in [7, 11) is 1.17. The van der Waals surface area contributed by atoms with Crippen LogP contribution in [0, 0.1) is 5.92 Å². The highest BCUT2D eigenvalue weighted by Gasteiger charge is 2.44. The molecule has 5 nitrogen and oxygen atoms in total. The molecular formula is C15H25F3N2O3. The third-order valence-electron chi connectivity index (χ3n) is 4.91. The van der Waals surface area contributed by atoms with Gasteiger partial charge < -0.3 is 14.7 Å². The maximum Gasteiger partial charge on any atom is 0.406 e. The Labute approximate surface area is 134 Å². The lowest BCUT2D eigenvalue weighted by Gasteiger charge is -2.43. The molecular weight excluding hydrogens is 313 g/mol. The van der Waals surface area contributed by atoms with Crippen molar-refractivity contribution >= 4 is 5.91 Å². The summed E-state index contributed by atoms with van der Waals surface area (Å²) in [6, 6.07) is -0.0338. The van der Waals surface area contributed by atoms with Gasteiger partial charge in [-0.1, -0.05) is 0 Å². The first-order chi connectivity index (χ1) is 10.6. The Hall–Kier alpha value is -0.860. The van der Waals surface area contributed by atoms with Gasteiger partial charge in [0.1, 0.15) is 6.54 Å². The summed E-state index contributed by atoms with van der Waals surface area (Å²) in [5.74, 6) is -0.676. The molecule has 0 bridgehead atoms. The molecule has 3 atom stereocenters. The first-order valence-electron chi connectivity index (χ1n) is 7.95. The van der Waals surface area contributed by atoms with E-state index >= 15 is 0 Å². The van der Waals surface area contributed by atoms with Crippen LogP contribution in [0.4, 0.5) is 13.2 Å². The average molecular weight is 338 g/mol. The van der Waals surface area contributed by atoms with Crippen LogP contribution >= 0.6 is 0 Å². The third kappa shape index (κ3) is 4.81. The number of rotatable bonds is 4. The number of hydrogen-bond donors (Lipinski definition) is 1. The van der Waals surface area contributed by atoms with Gasteiger partial charge >= 0.3 is 6.18 Å². The summed E-state index contributed by atoms with van der Waals surface area (Å²) in [6.45, 7) is 2.06. The number of aliphatic hydroxyl groups is 1. The van der Waals surface area contributed by atoms with Crippen molar-refractivity contribution in [2.75, 3.05) is 39.9 Å². The largest absolute Gasteiger partial charge is 0.406 e. The summed E-state index contributed by atoms with van der Waals surface area (Å²) in [5, 5.41) is 10.6. The Balaban J connectivity index is 1.97. The highest BCUT2D eigenvalue weighted by molar-refractivity contribution is 5.78. The van der Waals surface area contributed by atoms with Crippen LogP contribution in [0.3, 0.4) is 0 Å². The number of alkyl halides is 3. The highest BCUT2D eigenvalue weighted by atomic mass is 19.4. The number of carbonyl (C=O) groups excluding carboxylic acids is 1. The minimum absolute atomic E-state index is 0.0338. The van der Waals surface area contributed by atoms with Crippen LogP contribution in [0.1, 0.15) is 26.2 Å². The minimum atomic E-state index is -4.39. The SMILES string of the molecule is CN(CC(F)(F)F)C(=O)CN1CCC[C@@H]1[C@@H]1COCC[C@@]1(C)O. The van der Waals surface area contributed by atoms with Crippen molar-refractivity contribution in [1.29, 1.82) is 0 Å². The summed E-state index contributed by atoms with van der Waals surface area (Å²) in [5.41, 5.74) is -0.869. The second-order valence-electron chi connectivity index (χ2n) is 6.83. The molecule has 2 fully saturated rings. The molecule has 1 N–H and O–H groups in total. The molecule has 0 aliphatic carbocycles. The molecule has 23 heavy (non-hydrogen) atoms. The Morgan fingerprint density at radius 3 is 2.78 bits per heavy atom. The number of hydrogen-bond acceptors (Lipinski definition) is 4. The standard InChI is InChI=1S/C15H25F3N2O3/c1-14(22)5-7-23-9-11(14)12-4-3-6-20(12)8-13(21)19(2)10-15(16,17)18/h11-12,22H,3-10H2,1-2H3/t11-,12+,14+/m0/s1. The van der Waals surface area contributed by atoms with E-state index in [0.29, 0.717) is 31.1 Å². The second kappa shape index (κ2) is 6.94. The maximum absolute atomic E-state index is 12.4. The van der Waals surface area contributed by atoms with Crippen molar-refractivity contribution in [3.05, 3.63) is 0 Å². The molecule has 0 unspecified atom stereocenters. The zero-order valence-electron chi connectivity index (χ0n) is 13.6. The third-order valence-corrected chi connectivity index (χ3v) is 4.91. The van der Waals surface area contributed by atoms with E-state index < -0.39 is 24.2 Å². The second-order valence-corrected chi connectivity index (χ2v) is 6.83. The molecule has 0 spiro atoms. The summed E-state index contributed by atoms with van der Waals surface area (Å²) >= 11 is 0. The van der Waals surface area contributed by atoms with Gasteiger partial charge in [-0.15, -0.1) is 0 Å². The molecule has 0 radical (unpaired) electrons. The molecule has 8 heteroatoms. The fraction of sp³-hybridized carbons (Fsp3) is 0.933. The van der Waals surface area contributed by atoms with Gasteiger partial charge in [-0.3, -0.25) is 9.69 Å². The van der Waals surface area contributed by atoms with Crippen LogP contribution in [0.2, 0.25) is 0 Å². The predicted molar refractivity (Wildman–Crippen MR) is 77.8 cm³/mol. The lowest BCUT2D eigenvalue weighted by atomic mass is 9.79. The van der Waals surface area contributed by atoms with Crippen LogP contribution in [-0.2, 0) is 9.53 Å². The van der Waals surface area contributed by atoms with Crippen LogP contribution in [0.25, 0.3) is 0 Å². The fourth-order valence-corrected chi connectivity index (χ4v) is 3.53. The molecule has 2 heterocycles. The molecule has 1 amide bonds. The monoisotopic (exact) mass is 338 g/mol. The normalized spacial score (nSPS) is 33.0. The molecule has 2 saturated heterocycles. The zero-order chi connectivity index (χ0) is 17.3. The Bertz CT molecular complexity index is 429. The van der Waals surface area contributed by atoms with Gasteiger partial charge in [0.25, 0.3) is 0 Å². The van der Waals surface area contributed by atoms with Crippen molar-refractivity contribution in [3.63, 3.8) is 0 Å². The first kappa shape index (κ1) is 18.5. The number of halogens is 3. The van der Waals surface area contributed by atoms with Crippen molar-refractivity contribution < 1.29 is 27.8 Å². The van der Waals surface area contributed by atoms with Crippen molar-refractivity contribution in [2.45, 2.75) is 44.0 Å². The van der Waals surface area contributed by atoms with E-state index in [-0.39, 0.29) is 18.5 Å². The Morgan fingerprint density at radius 1 is 1.48 bits per heavy atom. The fourth-order valence-electron chi connectivity index (χ4n) is 3.53. The zero-order valence-corrected chi connectivity index (χ0v) is 13.6. The summed E-state index contributed by atoms with van der Waals surface area (Å²) in [4.78, 5) is 14.7. The summed E-state index contributed by atoms with van der Waals surface area (Å²) in [6.07, 6.45) is -2.17. The molecule has 0 saturated carbocycles. The molecule has 2 aliphatic rings. The van der Waals surface area contributed by atoms with E-state index in [4.69, 9.17) is 4.74 Å². The lowest BCUT2D eigenvalue weighted by Crippen LogP contribution is -2.54. The molecule has 0 aromatic rings. The van der Waals surface area contributed by atoms with Gasteiger partial charge in [0.15, 0.2) is 0 Å². The van der Waals surface area contributed by atoms with E-state index in [1.807, 2.05) is 4.90 Å². The molecule has 134 valence electrons. The Kier molecular flexibility index (Phi) is 5.58. The number of nitrogens with zero attached hydrogens (tertiary/aromatic N) is 2. The number of amides is 1. The smallest absolute Gasteiger partial charge is 0.390 e. The molecule has 2 aliphatic heterocycles. The van der Waals surface area contributed by atoms with Gasteiger partial charge in [-0.25, -0.2) is 0 Å². The van der Waals surface area contributed by atoms with Crippen molar-refractivity contribution in [3.8, 4) is 0 Å². The van der Waals surface area contributed by atoms with Crippen LogP contribution in [-0.4, -0.2) is 78.5 Å². The quantitative estimate of drug-likeness (QED) is 0.839. The number of likely N-dealkylation sites (N-methyl/N-ethyl adjacent to an activating group) is 1. The van der Waals surface area contributed by atoms with Crippen LogP contribution in [0.15, 0.2) is 0 Å². The van der Waals surface area contributed by atoms with Gasteiger partial charge in [-0.2, -0.15) is 13.2 Å². The lowest BCUT2D eigenvalue weighted by molar-refractivity contribution is -0.160. The first-order valence-corrected chi connectivity index (χ1v) is 7.95. The van der Waals surface area contributed by atoms with E-state index in [1.54, 1.807) is 6.92 Å². The van der Waals surface area contributed by atoms with Crippen molar-refractivity contribution in [1.82, 2.24) is 9.80 Å². The van der Waals surface area contributed by atoms with E-state index in [0.717, 1.165) is 12.8 Å². The highest BCUT2D eigenvalue weighted by Crippen LogP contribution is 2.35. The number of carbonyl (C=O) groups is 1. The average Bonchev–Trinajstić information content (AvgIpc) is 2.84. The van der Waals surface area contributed by atoms with Crippen molar-refractivity contribution in [2.24, 2.45) is 5.92 Å². The Morgan fingerprint density at radius 2 is 2.17 bits per heavy atom. The van der Waals surface area contributed by atoms with E-state index in [1.165, 1.54) is 7.05 Å². The maximum atomic E-state index is 12.4. The van der Waals surface area contributed by atoms with Gasteiger partial charge in [-0.05, 0) is 32.7 Å². The topological polar surface area (TPSA) is 53.0 Å². The predicted octanol–water partition coefficient (Wildman–Crippen LogP) is 1.26. The summed E-state index contributed by atoms with van der Waals surface area (Å²) < 4.78 is 42.6. The molecule has 0 aromatic heterocycles. The van der Waals surface area contributed by atoms with Gasteiger partial charge in [0.2, 0.25) is 5.91 Å². The van der Waals surface area contributed by atoms with Gasteiger partial charge in [0, 0.05) is 25.6 Å². The van der Waals surface area contributed by atoms with Crippen LogP contribution < -0.4 is 0 Å². The van der Waals surface area contributed by atoms with E-state index in [2.05, 4.69) is 0 Å². The van der Waals surface area contributed by atoms with E-state index in [9.17, 15) is 23.1 Å². The number of ether oxygens (including phenoxy) is 1. The van der Waals surface area contributed by atoms with Gasteiger partial charge in [0.05, 0.1) is 18.8 Å². The molecule has 0 aromatic carbocycles. The molecule has 2 rings (SSSR count). The number of likely N-dealkylation sites (tertiary alicyclic amines) is 1. The minimum Gasteiger partial charge on any atom is -0.390 e.